The van der Waals surface area contributed by atoms with E-state index >= 15 is 0 Å². The molecule has 3 rings (SSSR count). The van der Waals surface area contributed by atoms with Crippen molar-refractivity contribution in [2.45, 2.75) is 31.4 Å². The van der Waals surface area contributed by atoms with Crippen LogP contribution in [-0.4, -0.2) is 66.1 Å². The SMILES string of the molecule is CO[C@H]1C[C@@H](CN2CCCC2)N(C(=O)c2ccncc2F)C1. The second-order valence-corrected chi connectivity index (χ2v) is 6.07. The van der Waals surface area contributed by atoms with Crippen LogP contribution < -0.4 is 0 Å². The number of carbonyl (C=O) groups excluding carboxylic acids is 1. The highest BCUT2D eigenvalue weighted by Gasteiger charge is 2.37. The van der Waals surface area contributed by atoms with Crippen LogP contribution in [0.1, 0.15) is 29.6 Å². The largest absolute Gasteiger partial charge is 0.380 e. The standard InChI is InChI=1S/C16H22FN3O2/c1-22-13-8-12(10-19-6-2-3-7-19)20(11-13)16(21)14-4-5-18-9-15(14)17/h4-5,9,12-13H,2-3,6-8,10-11H2,1H3/t12-,13-/m0/s1. The summed E-state index contributed by atoms with van der Waals surface area (Å²) in [4.78, 5) is 20.6. The number of hydrogen-bond acceptors (Lipinski definition) is 4. The zero-order chi connectivity index (χ0) is 15.5. The van der Waals surface area contributed by atoms with Gasteiger partial charge in [0, 0.05) is 32.4 Å². The van der Waals surface area contributed by atoms with Gasteiger partial charge >= 0.3 is 0 Å². The van der Waals surface area contributed by atoms with Crippen molar-refractivity contribution in [3.63, 3.8) is 0 Å². The number of nitrogens with zero attached hydrogens (tertiary/aromatic N) is 3. The number of hydrogen-bond donors (Lipinski definition) is 0. The summed E-state index contributed by atoms with van der Waals surface area (Å²) in [5, 5.41) is 0. The maximum Gasteiger partial charge on any atom is 0.257 e. The first-order chi connectivity index (χ1) is 10.7. The molecule has 0 aliphatic carbocycles. The first-order valence-electron chi connectivity index (χ1n) is 7.84. The quantitative estimate of drug-likeness (QED) is 0.846. The molecule has 0 bridgehead atoms. The van der Waals surface area contributed by atoms with Gasteiger partial charge in [-0.2, -0.15) is 0 Å². The molecular weight excluding hydrogens is 285 g/mol. The minimum absolute atomic E-state index is 0.0291. The predicted octanol–water partition coefficient (Wildman–Crippen LogP) is 1.55. The average molecular weight is 307 g/mol. The number of likely N-dealkylation sites (tertiary alicyclic amines) is 2. The van der Waals surface area contributed by atoms with Crippen LogP contribution in [0.5, 0.6) is 0 Å². The molecule has 120 valence electrons. The lowest BCUT2D eigenvalue weighted by Gasteiger charge is -2.28. The van der Waals surface area contributed by atoms with Gasteiger partial charge in [-0.25, -0.2) is 4.39 Å². The summed E-state index contributed by atoms with van der Waals surface area (Å²) in [5.74, 6) is -0.822. The van der Waals surface area contributed by atoms with Gasteiger partial charge in [0.2, 0.25) is 0 Å². The van der Waals surface area contributed by atoms with E-state index in [1.807, 2.05) is 0 Å². The highest BCUT2D eigenvalue weighted by molar-refractivity contribution is 5.94. The molecule has 0 radical (unpaired) electrons. The van der Waals surface area contributed by atoms with Gasteiger partial charge in [0.15, 0.2) is 5.82 Å². The van der Waals surface area contributed by atoms with E-state index in [9.17, 15) is 9.18 Å². The van der Waals surface area contributed by atoms with Crippen LogP contribution >= 0.6 is 0 Å². The number of carbonyl (C=O) groups is 1. The molecule has 2 fully saturated rings. The van der Waals surface area contributed by atoms with Gasteiger partial charge in [-0.05, 0) is 38.4 Å². The third-order valence-corrected chi connectivity index (χ3v) is 4.64. The Morgan fingerprint density at radius 1 is 1.45 bits per heavy atom. The summed E-state index contributed by atoms with van der Waals surface area (Å²) in [6.07, 6.45) is 5.82. The first-order valence-corrected chi connectivity index (χ1v) is 7.84. The molecule has 2 aliphatic heterocycles. The van der Waals surface area contributed by atoms with Crippen molar-refractivity contribution >= 4 is 5.91 Å². The van der Waals surface area contributed by atoms with Gasteiger partial charge in [-0.1, -0.05) is 0 Å². The lowest BCUT2D eigenvalue weighted by Crippen LogP contribution is -2.42. The molecule has 2 saturated heterocycles. The van der Waals surface area contributed by atoms with Crippen molar-refractivity contribution in [1.29, 1.82) is 0 Å². The Morgan fingerprint density at radius 2 is 2.23 bits per heavy atom. The molecule has 3 heterocycles. The zero-order valence-corrected chi connectivity index (χ0v) is 12.9. The van der Waals surface area contributed by atoms with Crippen molar-refractivity contribution in [3.8, 4) is 0 Å². The van der Waals surface area contributed by atoms with Gasteiger partial charge in [-0.3, -0.25) is 9.78 Å². The van der Waals surface area contributed by atoms with Crippen LogP contribution in [0.4, 0.5) is 4.39 Å². The van der Waals surface area contributed by atoms with Crippen LogP contribution in [0.15, 0.2) is 18.5 Å². The molecule has 1 aromatic heterocycles. The van der Waals surface area contributed by atoms with Gasteiger partial charge < -0.3 is 14.5 Å². The Morgan fingerprint density at radius 3 is 2.91 bits per heavy atom. The lowest BCUT2D eigenvalue weighted by atomic mass is 10.1. The molecule has 2 atom stereocenters. The summed E-state index contributed by atoms with van der Waals surface area (Å²) in [6, 6.07) is 1.54. The highest BCUT2D eigenvalue weighted by atomic mass is 19.1. The molecular formula is C16H22FN3O2. The van der Waals surface area contributed by atoms with Crippen LogP contribution in [0.3, 0.4) is 0 Å². The van der Waals surface area contributed by atoms with Crippen LogP contribution in [0, 0.1) is 5.82 Å². The Bertz CT molecular complexity index is 534. The summed E-state index contributed by atoms with van der Waals surface area (Å²) in [6.45, 7) is 3.54. The third-order valence-electron chi connectivity index (χ3n) is 4.64. The minimum Gasteiger partial charge on any atom is -0.380 e. The molecule has 0 aromatic carbocycles. The molecule has 5 nitrogen and oxygen atoms in total. The van der Waals surface area contributed by atoms with Crippen molar-refractivity contribution in [3.05, 3.63) is 29.8 Å². The number of methoxy groups -OCH3 is 1. The number of amides is 1. The second-order valence-electron chi connectivity index (χ2n) is 6.07. The number of aromatic nitrogens is 1. The molecule has 0 N–H and O–H groups in total. The predicted molar refractivity (Wildman–Crippen MR) is 80.1 cm³/mol. The Balaban J connectivity index is 1.76. The Kier molecular flexibility index (Phi) is 4.69. The van der Waals surface area contributed by atoms with E-state index in [2.05, 4.69) is 9.88 Å². The maximum atomic E-state index is 13.9. The Labute approximate surface area is 130 Å². The topological polar surface area (TPSA) is 45.7 Å². The normalized spacial score (nSPS) is 25.8. The number of ether oxygens (including phenoxy) is 1. The fourth-order valence-electron chi connectivity index (χ4n) is 3.43. The molecule has 0 saturated carbocycles. The molecule has 22 heavy (non-hydrogen) atoms. The van der Waals surface area contributed by atoms with Crippen LogP contribution in [0.25, 0.3) is 0 Å². The lowest BCUT2D eigenvalue weighted by molar-refractivity contribution is 0.0665. The van der Waals surface area contributed by atoms with E-state index in [-0.39, 0.29) is 23.6 Å². The molecule has 0 unspecified atom stereocenters. The monoisotopic (exact) mass is 307 g/mol. The second kappa shape index (κ2) is 6.71. The number of rotatable bonds is 4. The van der Waals surface area contributed by atoms with Gasteiger partial charge in [0.25, 0.3) is 5.91 Å². The number of pyridine rings is 1. The summed E-state index contributed by atoms with van der Waals surface area (Å²) >= 11 is 0. The van der Waals surface area contributed by atoms with Crippen molar-refractivity contribution in [2.24, 2.45) is 0 Å². The van der Waals surface area contributed by atoms with Gasteiger partial charge in [-0.15, -0.1) is 0 Å². The van der Waals surface area contributed by atoms with E-state index in [0.29, 0.717) is 6.54 Å². The summed E-state index contributed by atoms with van der Waals surface area (Å²) in [7, 11) is 1.67. The summed E-state index contributed by atoms with van der Waals surface area (Å²) in [5.41, 5.74) is 0.0955. The minimum atomic E-state index is -0.562. The van der Waals surface area contributed by atoms with Crippen molar-refractivity contribution in [1.82, 2.24) is 14.8 Å². The fourth-order valence-corrected chi connectivity index (χ4v) is 3.43. The molecule has 0 spiro atoms. The van der Waals surface area contributed by atoms with E-state index in [0.717, 1.165) is 32.3 Å². The zero-order valence-electron chi connectivity index (χ0n) is 12.9. The first kappa shape index (κ1) is 15.4. The Hall–Kier alpha value is -1.53. The molecule has 1 aromatic rings. The van der Waals surface area contributed by atoms with E-state index in [1.165, 1.54) is 25.1 Å². The number of halogens is 1. The average Bonchev–Trinajstić information content (AvgIpc) is 3.17. The van der Waals surface area contributed by atoms with Gasteiger partial charge in [0.05, 0.1) is 17.9 Å². The smallest absolute Gasteiger partial charge is 0.257 e. The fraction of sp³-hybridized carbons (Fsp3) is 0.625. The molecule has 6 heteroatoms. The van der Waals surface area contributed by atoms with Crippen molar-refractivity contribution in [2.75, 3.05) is 33.3 Å². The van der Waals surface area contributed by atoms with E-state index in [4.69, 9.17) is 4.74 Å². The van der Waals surface area contributed by atoms with E-state index in [1.54, 1.807) is 12.0 Å². The molecule has 2 aliphatic rings. The highest BCUT2D eigenvalue weighted by Crippen LogP contribution is 2.25. The van der Waals surface area contributed by atoms with Gasteiger partial charge in [0.1, 0.15) is 0 Å². The summed E-state index contributed by atoms with van der Waals surface area (Å²) < 4.78 is 19.3. The molecule has 1 amide bonds. The van der Waals surface area contributed by atoms with Crippen LogP contribution in [-0.2, 0) is 4.74 Å². The van der Waals surface area contributed by atoms with Crippen molar-refractivity contribution < 1.29 is 13.9 Å². The van der Waals surface area contributed by atoms with E-state index < -0.39 is 5.82 Å². The van der Waals surface area contributed by atoms with Crippen LogP contribution in [0.2, 0.25) is 0 Å². The maximum absolute atomic E-state index is 13.9. The third kappa shape index (κ3) is 3.13.